The third-order valence-electron chi connectivity index (χ3n) is 7.59. The molecule has 1 heterocycles. The van der Waals surface area contributed by atoms with Gasteiger partial charge in [-0.2, -0.15) is 0 Å². The number of anilines is 1. The first kappa shape index (κ1) is 20.0. The van der Waals surface area contributed by atoms with E-state index >= 15 is 0 Å². The van der Waals surface area contributed by atoms with Gasteiger partial charge in [-0.05, 0) is 42.5 Å². The van der Waals surface area contributed by atoms with Gasteiger partial charge in [0.2, 0.25) is 5.91 Å². The number of hydrogen-bond donors (Lipinski definition) is 1. The van der Waals surface area contributed by atoms with Crippen LogP contribution in [0.2, 0.25) is 15.1 Å². The predicted octanol–water partition coefficient (Wildman–Crippen LogP) is 6.56. The van der Waals surface area contributed by atoms with Crippen LogP contribution in [0.25, 0.3) is 11.0 Å². The number of amides is 1. The number of aromatic nitrogens is 2. The van der Waals surface area contributed by atoms with Gasteiger partial charge in [0.25, 0.3) is 0 Å². The van der Waals surface area contributed by atoms with Gasteiger partial charge in [0.1, 0.15) is 0 Å². The standard InChI is InChI=1S/C23H20Cl3N3O/c1-21(2)22(3)8-9-23(21,19-18(22)27-15-6-4-5-7-16(15)28-19)20(30)29-17-11-13(25)12(24)10-14(17)26/h4-7,10-11H,8-9H2,1-3H3,(H,29,30). The molecule has 1 saturated carbocycles. The van der Waals surface area contributed by atoms with Crippen molar-refractivity contribution in [2.24, 2.45) is 5.41 Å². The van der Waals surface area contributed by atoms with Crippen LogP contribution in [-0.4, -0.2) is 15.9 Å². The summed E-state index contributed by atoms with van der Waals surface area (Å²) in [6.07, 6.45) is 1.56. The van der Waals surface area contributed by atoms with E-state index in [1.165, 1.54) is 0 Å². The molecule has 2 aliphatic carbocycles. The normalized spacial score (nSPS) is 26.1. The summed E-state index contributed by atoms with van der Waals surface area (Å²) in [6, 6.07) is 10.9. The number of hydrogen-bond acceptors (Lipinski definition) is 3. The molecule has 1 amide bonds. The lowest BCUT2D eigenvalue weighted by Crippen LogP contribution is -2.48. The van der Waals surface area contributed by atoms with Crippen LogP contribution >= 0.6 is 34.8 Å². The number of carbonyl (C=O) groups is 1. The Morgan fingerprint density at radius 1 is 0.900 bits per heavy atom. The lowest BCUT2D eigenvalue weighted by molar-refractivity contribution is -0.125. The van der Waals surface area contributed by atoms with Crippen molar-refractivity contribution in [3.05, 3.63) is 62.9 Å². The molecule has 4 nitrogen and oxygen atoms in total. The molecule has 2 bridgehead atoms. The van der Waals surface area contributed by atoms with Gasteiger partial charge in [-0.15, -0.1) is 0 Å². The van der Waals surface area contributed by atoms with Gasteiger partial charge in [0.15, 0.2) is 0 Å². The number of nitrogens with one attached hydrogen (secondary N) is 1. The number of para-hydroxylation sites is 2. The molecule has 3 aromatic rings. The van der Waals surface area contributed by atoms with Crippen molar-refractivity contribution in [2.45, 2.75) is 44.4 Å². The van der Waals surface area contributed by atoms with Crippen LogP contribution in [0.1, 0.15) is 45.0 Å². The second kappa shape index (κ2) is 6.32. The van der Waals surface area contributed by atoms with E-state index in [4.69, 9.17) is 44.8 Å². The molecule has 30 heavy (non-hydrogen) atoms. The summed E-state index contributed by atoms with van der Waals surface area (Å²) in [5.74, 6) is -0.139. The van der Waals surface area contributed by atoms with E-state index in [0.29, 0.717) is 27.2 Å². The highest BCUT2D eigenvalue weighted by Crippen LogP contribution is 2.70. The fourth-order valence-electron chi connectivity index (χ4n) is 5.40. The molecule has 2 atom stereocenters. The topological polar surface area (TPSA) is 54.9 Å². The average Bonchev–Trinajstić information content (AvgIpc) is 3.00. The zero-order valence-corrected chi connectivity index (χ0v) is 19.1. The van der Waals surface area contributed by atoms with Gasteiger partial charge < -0.3 is 5.32 Å². The molecule has 5 rings (SSSR count). The predicted molar refractivity (Wildman–Crippen MR) is 122 cm³/mol. The van der Waals surface area contributed by atoms with Gasteiger partial charge in [-0.25, -0.2) is 9.97 Å². The molecule has 1 aromatic heterocycles. The third-order valence-corrected chi connectivity index (χ3v) is 8.62. The first-order valence-electron chi connectivity index (χ1n) is 9.85. The van der Waals surface area contributed by atoms with Gasteiger partial charge >= 0.3 is 0 Å². The fraction of sp³-hybridized carbons (Fsp3) is 0.348. The number of carbonyl (C=O) groups excluding carboxylic acids is 1. The highest BCUT2D eigenvalue weighted by atomic mass is 35.5. The zero-order valence-electron chi connectivity index (χ0n) is 16.8. The molecule has 0 spiro atoms. The minimum absolute atomic E-state index is 0.139. The van der Waals surface area contributed by atoms with Gasteiger partial charge in [0.05, 0.1) is 48.6 Å². The third kappa shape index (κ3) is 2.33. The molecule has 2 unspecified atom stereocenters. The van der Waals surface area contributed by atoms with Crippen molar-refractivity contribution in [1.29, 1.82) is 0 Å². The van der Waals surface area contributed by atoms with Gasteiger partial charge in [-0.3, -0.25) is 4.79 Å². The summed E-state index contributed by atoms with van der Waals surface area (Å²) >= 11 is 18.6. The number of fused-ring (bicyclic) bond motifs is 6. The number of benzene rings is 2. The van der Waals surface area contributed by atoms with Crippen molar-refractivity contribution >= 4 is 57.4 Å². The number of halogens is 3. The average molecular weight is 461 g/mol. The largest absolute Gasteiger partial charge is 0.324 e. The van der Waals surface area contributed by atoms with E-state index in [1.54, 1.807) is 12.1 Å². The molecule has 0 aliphatic heterocycles. The van der Waals surface area contributed by atoms with Gasteiger partial charge in [0, 0.05) is 5.41 Å². The van der Waals surface area contributed by atoms with Crippen LogP contribution in [-0.2, 0) is 15.6 Å². The molecular formula is C23H20Cl3N3O. The number of rotatable bonds is 2. The Bertz CT molecular complexity index is 1240. The Morgan fingerprint density at radius 3 is 2.17 bits per heavy atom. The van der Waals surface area contributed by atoms with Crippen molar-refractivity contribution in [3.63, 3.8) is 0 Å². The lowest BCUT2D eigenvalue weighted by atomic mass is 9.63. The summed E-state index contributed by atoms with van der Waals surface area (Å²) in [6.45, 7) is 6.48. The van der Waals surface area contributed by atoms with Crippen LogP contribution in [0.4, 0.5) is 5.69 Å². The van der Waals surface area contributed by atoms with Crippen LogP contribution in [0.5, 0.6) is 0 Å². The van der Waals surface area contributed by atoms with Crippen molar-refractivity contribution in [3.8, 4) is 0 Å². The molecule has 154 valence electrons. The molecule has 7 heteroatoms. The Labute approximate surface area is 190 Å². The Morgan fingerprint density at radius 2 is 1.50 bits per heavy atom. The smallest absolute Gasteiger partial charge is 0.237 e. The lowest BCUT2D eigenvalue weighted by Gasteiger charge is -2.39. The van der Waals surface area contributed by atoms with Crippen LogP contribution in [0.15, 0.2) is 36.4 Å². The summed E-state index contributed by atoms with van der Waals surface area (Å²) in [5, 5.41) is 4.04. The summed E-state index contributed by atoms with van der Waals surface area (Å²) in [5.41, 5.74) is 2.33. The summed E-state index contributed by atoms with van der Waals surface area (Å²) in [7, 11) is 0. The molecule has 1 N–H and O–H groups in total. The van der Waals surface area contributed by atoms with Gasteiger partial charge in [-0.1, -0.05) is 67.7 Å². The maximum Gasteiger partial charge on any atom is 0.237 e. The van der Waals surface area contributed by atoms with E-state index in [1.807, 2.05) is 24.3 Å². The first-order chi connectivity index (χ1) is 14.1. The minimum Gasteiger partial charge on any atom is -0.324 e. The van der Waals surface area contributed by atoms with Crippen LogP contribution < -0.4 is 5.32 Å². The first-order valence-corrected chi connectivity index (χ1v) is 11.0. The molecular weight excluding hydrogens is 441 g/mol. The Hall–Kier alpha value is -1.88. The quantitative estimate of drug-likeness (QED) is 0.441. The summed E-state index contributed by atoms with van der Waals surface area (Å²) < 4.78 is 0. The van der Waals surface area contributed by atoms with Crippen molar-refractivity contribution in [1.82, 2.24) is 9.97 Å². The van der Waals surface area contributed by atoms with Crippen molar-refractivity contribution in [2.75, 3.05) is 5.32 Å². The Kier molecular flexibility index (Phi) is 4.22. The second-order valence-corrected chi connectivity index (χ2v) is 10.2. The van der Waals surface area contributed by atoms with E-state index in [2.05, 4.69) is 26.1 Å². The zero-order chi connectivity index (χ0) is 21.5. The highest BCUT2D eigenvalue weighted by Gasteiger charge is 2.73. The minimum atomic E-state index is -0.816. The molecule has 2 aliphatic rings. The SMILES string of the molecule is CC12CCC(C(=O)Nc3cc(Cl)c(Cl)cc3Cl)(c3nc4ccccc4nc31)C2(C)C. The van der Waals surface area contributed by atoms with E-state index < -0.39 is 5.41 Å². The van der Waals surface area contributed by atoms with Crippen LogP contribution in [0.3, 0.4) is 0 Å². The number of nitrogens with zero attached hydrogens (tertiary/aromatic N) is 2. The maximum absolute atomic E-state index is 13.9. The fourth-order valence-corrected chi connectivity index (χ4v) is 5.99. The molecule has 1 fully saturated rings. The highest BCUT2D eigenvalue weighted by molar-refractivity contribution is 6.44. The Balaban J connectivity index is 1.69. The van der Waals surface area contributed by atoms with E-state index in [0.717, 1.165) is 28.8 Å². The second-order valence-electron chi connectivity index (χ2n) is 8.97. The van der Waals surface area contributed by atoms with E-state index in [9.17, 15) is 4.79 Å². The summed E-state index contributed by atoms with van der Waals surface area (Å²) in [4.78, 5) is 23.8. The van der Waals surface area contributed by atoms with E-state index in [-0.39, 0.29) is 16.7 Å². The van der Waals surface area contributed by atoms with Crippen LogP contribution in [0, 0.1) is 5.41 Å². The molecule has 0 saturated heterocycles. The molecule has 2 aromatic carbocycles. The maximum atomic E-state index is 13.9. The molecule has 0 radical (unpaired) electrons. The van der Waals surface area contributed by atoms with Crippen molar-refractivity contribution < 1.29 is 4.79 Å². The monoisotopic (exact) mass is 459 g/mol.